The Bertz CT molecular complexity index is 619. The standard InChI is InChI=1S/C15H21N3O3S/c19-15(13-6-7-16-12-13)17-8-10-18(11-9-17)22(20,21)14-4-2-1-3-5-14/h1-5,13,16H,6-12H2. The number of rotatable bonds is 3. The number of benzene rings is 1. The summed E-state index contributed by atoms with van der Waals surface area (Å²) in [5, 5.41) is 3.19. The number of nitrogens with one attached hydrogen (secondary N) is 1. The highest BCUT2D eigenvalue weighted by molar-refractivity contribution is 7.89. The van der Waals surface area contributed by atoms with Crippen LogP contribution in [-0.4, -0.2) is 62.8 Å². The van der Waals surface area contributed by atoms with Crippen LogP contribution in [0.15, 0.2) is 35.2 Å². The van der Waals surface area contributed by atoms with Gasteiger partial charge < -0.3 is 10.2 Å². The number of hydrogen-bond acceptors (Lipinski definition) is 4. The van der Waals surface area contributed by atoms with Gasteiger partial charge in [0.05, 0.1) is 10.8 Å². The molecule has 0 bridgehead atoms. The maximum absolute atomic E-state index is 12.5. The van der Waals surface area contributed by atoms with Crippen molar-refractivity contribution < 1.29 is 13.2 Å². The molecule has 2 fully saturated rings. The lowest BCUT2D eigenvalue weighted by atomic mass is 10.1. The summed E-state index contributed by atoms with van der Waals surface area (Å²) >= 11 is 0. The highest BCUT2D eigenvalue weighted by Crippen LogP contribution is 2.19. The summed E-state index contributed by atoms with van der Waals surface area (Å²) in [7, 11) is -3.45. The smallest absolute Gasteiger partial charge is 0.243 e. The third kappa shape index (κ3) is 3.02. The number of hydrogen-bond donors (Lipinski definition) is 1. The Labute approximate surface area is 131 Å². The van der Waals surface area contributed by atoms with Crippen LogP contribution in [0.3, 0.4) is 0 Å². The second-order valence-corrected chi connectivity index (χ2v) is 7.67. The van der Waals surface area contributed by atoms with Crippen LogP contribution in [0.25, 0.3) is 0 Å². The average molecular weight is 323 g/mol. The summed E-state index contributed by atoms with van der Waals surface area (Å²) in [4.78, 5) is 14.5. The van der Waals surface area contributed by atoms with Crippen molar-refractivity contribution in [3.05, 3.63) is 30.3 Å². The van der Waals surface area contributed by atoms with Crippen molar-refractivity contribution in [3.63, 3.8) is 0 Å². The van der Waals surface area contributed by atoms with Crippen molar-refractivity contribution in [1.82, 2.24) is 14.5 Å². The quantitative estimate of drug-likeness (QED) is 0.858. The summed E-state index contributed by atoms with van der Waals surface area (Å²) in [5.41, 5.74) is 0. The summed E-state index contributed by atoms with van der Waals surface area (Å²) in [6.45, 7) is 3.30. The van der Waals surface area contributed by atoms with E-state index in [9.17, 15) is 13.2 Å². The molecule has 1 atom stereocenters. The van der Waals surface area contributed by atoms with Crippen LogP contribution in [0.5, 0.6) is 0 Å². The first-order chi connectivity index (χ1) is 10.6. The minimum atomic E-state index is -3.45. The predicted octanol–water partition coefficient (Wildman–Crippen LogP) is 0.129. The molecule has 0 spiro atoms. The van der Waals surface area contributed by atoms with Crippen molar-refractivity contribution in [3.8, 4) is 0 Å². The van der Waals surface area contributed by atoms with Gasteiger partial charge in [0.15, 0.2) is 0 Å². The van der Waals surface area contributed by atoms with Gasteiger partial charge in [-0.05, 0) is 25.1 Å². The van der Waals surface area contributed by atoms with Gasteiger partial charge in [-0.3, -0.25) is 4.79 Å². The predicted molar refractivity (Wildman–Crippen MR) is 82.8 cm³/mol. The Morgan fingerprint density at radius 3 is 2.36 bits per heavy atom. The van der Waals surface area contributed by atoms with E-state index < -0.39 is 10.0 Å². The Morgan fingerprint density at radius 2 is 1.77 bits per heavy atom. The molecular formula is C15H21N3O3S. The first-order valence-corrected chi connectivity index (χ1v) is 9.08. The Balaban J connectivity index is 1.63. The molecule has 2 aliphatic heterocycles. The largest absolute Gasteiger partial charge is 0.340 e. The van der Waals surface area contributed by atoms with E-state index in [0.29, 0.717) is 31.1 Å². The fourth-order valence-electron chi connectivity index (χ4n) is 3.01. The second kappa shape index (κ2) is 6.36. The van der Waals surface area contributed by atoms with E-state index in [2.05, 4.69) is 5.32 Å². The van der Waals surface area contributed by atoms with Crippen molar-refractivity contribution >= 4 is 15.9 Å². The van der Waals surface area contributed by atoms with E-state index in [-0.39, 0.29) is 11.8 Å². The van der Waals surface area contributed by atoms with E-state index in [0.717, 1.165) is 19.5 Å². The van der Waals surface area contributed by atoms with E-state index in [1.807, 2.05) is 0 Å². The highest BCUT2D eigenvalue weighted by Gasteiger charge is 2.33. The topological polar surface area (TPSA) is 69.7 Å². The first-order valence-electron chi connectivity index (χ1n) is 7.64. The number of nitrogens with zero attached hydrogens (tertiary/aromatic N) is 2. The van der Waals surface area contributed by atoms with Crippen molar-refractivity contribution in [2.45, 2.75) is 11.3 Å². The number of sulfonamides is 1. The fourth-order valence-corrected chi connectivity index (χ4v) is 4.46. The van der Waals surface area contributed by atoms with Crippen LogP contribution in [0.1, 0.15) is 6.42 Å². The molecule has 120 valence electrons. The molecule has 1 unspecified atom stereocenters. The third-order valence-corrected chi connectivity index (χ3v) is 6.25. The molecule has 1 aromatic rings. The van der Waals surface area contributed by atoms with Gasteiger partial charge in [0.1, 0.15) is 0 Å². The molecule has 1 N–H and O–H groups in total. The fraction of sp³-hybridized carbons (Fsp3) is 0.533. The molecule has 3 rings (SSSR count). The van der Waals surface area contributed by atoms with Crippen LogP contribution in [-0.2, 0) is 14.8 Å². The summed E-state index contributed by atoms with van der Waals surface area (Å²) in [5.74, 6) is 0.207. The van der Waals surface area contributed by atoms with E-state index in [4.69, 9.17) is 0 Å². The minimum Gasteiger partial charge on any atom is -0.340 e. The van der Waals surface area contributed by atoms with Gasteiger partial charge in [0, 0.05) is 32.7 Å². The maximum atomic E-state index is 12.5. The zero-order valence-corrected chi connectivity index (χ0v) is 13.3. The number of carbonyl (C=O) groups excluding carboxylic acids is 1. The van der Waals surface area contributed by atoms with Gasteiger partial charge in [0.2, 0.25) is 15.9 Å². The molecule has 22 heavy (non-hydrogen) atoms. The molecule has 7 heteroatoms. The number of carbonyl (C=O) groups is 1. The van der Waals surface area contributed by atoms with Crippen molar-refractivity contribution in [1.29, 1.82) is 0 Å². The molecule has 2 saturated heterocycles. The number of amides is 1. The van der Waals surface area contributed by atoms with Gasteiger partial charge in [-0.15, -0.1) is 0 Å². The molecule has 0 saturated carbocycles. The van der Waals surface area contributed by atoms with Gasteiger partial charge in [-0.25, -0.2) is 8.42 Å². The lowest BCUT2D eigenvalue weighted by molar-refractivity contribution is -0.136. The van der Waals surface area contributed by atoms with E-state index in [1.165, 1.54) is 4.31 Å². The molecule has 1 aromatic carbocycles. The molecule has 1 amide bonds. The zero-order chi connectivity index (χ0) is 15.6. The van der Waals surface area contributed by atoms with Gasteiger partial charge in [0.25, 0.3) is 0 Å². The average Bonchev–Trinajstić information content (AvgIpc) is 3.09. The second-order valence-electron chi connectivity index (χ2n) is 5.73. The van der Waals surface area contributed by atoms with Gasteiger partial charge in [-0.1, -0.05) is 18.2 Å². The highest BCUT2D eigenvalue weighted by atomic mass is 32.2. The lowest BCUT2D eigenvalue weighted by Crippen LogP contribution is -2.52. The molecule has 2 heterocycles. The maximum Gasteiger partial charge on any atom is 0.243 e. The van der Waals surface area contributed by atoms with E-state index in [1.54, 1.807) is 35.2 Å². The Kier molecular flexibility index (Phi) is 4.46. The summed E-state index contributed by atoms with van der Waals surface area (Å²) in [6.07, 6.45) is 0.876. The minimum absolute atomic E-state index is 0.0530. The molecule has 0 aliphatic carbocycles. The van der Waals surface area contributed by atoms with Crippen LogP contribution in [0.2, 0.25) is 0 Å². The normalized spacial score (nSPS) is 23.6. The molecule has 0 radical (unpaired) electrons. The molecule has 0 aromatic heterocycles. The van der Waals surface area contributed by atoms with Crippen LogP contribution < -0.4 is 5.32 Å². The SMILES string of the molecule is O=C(C1CCNC1)N1CCN(S(=O)(=O)c2ccccc2)CC1. The molecular weight excluding hydrogens is 302 g/mol. The van der Waals surface area contributed by atoms with Gasteiger partial charge in [-0.2, -0.15) is 4.31 Å². The van der Waals surface area contributed by atoms with Crippen LogP contribution in [0.4, 0.5) is 0 Å². The van der Waals surface area contributed by atoms with Crippen LogP contribution >= 0.6 is 0 Å². The zero-order valence-electron chi connectivity index (χ0n) is 12.4. The summed E-state index contributed by atoms with van der Waals surface area (Å²) in [6, 6.07) is 8.46. The van der Waals surface area contributed by atoms with Crippen LogP contribution in [0, 0.1) is 5.92 Å². The lowest BCUT2D eigenvalue weighted by Gasteiger charge is -2.35. The molecule has 2 aliphatic rings. The third-order valence-electron chi connectivity index (χ3n) is 4.34. The number of piperazine rings is 1. The monoisotopic (exact) mass is 323 g/mol. The molecule has 6 nitrogen and oxygen atoms in total. The first kappa shape index (κ1) is 15.5. The summed E-state index contributed by atoms with van der Waals surface area (Å²) < 4.78 is 26.5. The van der Waals surface area contributed by atoms with Crippen molar-refractivity contribution in [2.75, 3.05) is 39.3 Å². The Morgan fingerprint density at radius 1 is 1.09 bits per heavy atom. The van der Waals surface area contributed by atoms with Gasteiger partial charge >= 0.3 is 0 Å². The Hall–Kier alpha value is -1.44. The van der Waals surface area contributed by atoms with Crippen molar-refractivity contribution in [2.24, 2.45) is 5.92 Å². The van der Waals surface area contributed by atoms with E-state index >= 15 is 0 Å².